The van der Waals surface area contributed by atoms with Crippen molar-refractivity contribution in [3.8, 4) is 5.75 Å². The molecule has 0 aliphatic rings. The van der Waals surface area contributed by atoms with Gasteiger partial charge in [-0.15, -0.1) is 0 Å². The maximum Gasteiger partial charge on any atom is 0.120 e. The van der Waals surface area contributed by atoms with Crippen LogP contribution in [0.5, 0.6) is 5.75 Å². The lowest BCUT2D eigenvalue weighted by Crippen LogP contribution is -2.26. The van der Waals surface area contributed by atoms with E-state index in [1.165, 1.54) is 0 Å². The van der Waals surface area contributed by atoms with Gasteiger partial charge in [0.05, 0.1) is 11.9 Å². The molecule has 102 valence electrons. The molecule has 0 saturated heterocycles. The Labute approximate surface area is 120 Å². The molecule has 2 rings (SSSR count). The molecule has 0 aliphatic carbocycles. The van der Waals surface area contributed by atoms with E-state index >= 15 is 0 Å². The molecule has 1 aromatic heterocycles. The first-order valence-electron chi connectivity index (χ1n) is 5.92. The van der Waals surface area contributed by atoms with E-state index in [4.69, 9.17) is 4.74 Å². The zero-order chi connectivity index (χ0) is 13.7. The van der Waals surface area contributed by atoms with Gasteiger partial charge < -0.3 is 15.2 Å². The summed E-state index contributed by atoms with van der Waals surface area (Å²) in [6.07, 6.45) is 2.98. The van der Waals surface area contributed by atoms with Crippen LogP contribution in [0.4, 0.5) is 5.69 Å². The maximum atomic E-state index is 9.82. The van der Waals surface area contributed by atoms with Crippen LogP contribution in [0, 0.1) is 0 Å². The molecule has 1 aromatic carbocycles. The monoisotopic (exact) mass is 325 g/mol. The lowest BCUT2D eigenvalue weighted by Gasteiger charge is -2.13. The highest BCUT2D eigenvalue weighted by Crippen LogP contribution is 2.17. The Morgan fingerprint density at radius 3 is 3.05 bits per heavy atom. The number of aryl methyl sites for hydroxylation is 1. The predicted molar refractivity (Wildman–Crippen MR) is 77.3 cm³/mol. The van der Waals surface area contributed by atoms with Crippen molar-refractivity contribution in [1.82, 2.24) is 9.78 Å². The Morgan fingerprint density at radius 1 is 1.53 bits per heavy atom. The van der Waals surface area contributed by atoms with Gasteiger partial charge in [-0.2, -0.15) is 5.10 Å². The van der Waals surface area contributed by atoms with Gasteiger partial charge in [-0.1, -0.05) is 22.0 Å². The Balaban J connectivity index is 1.74. The quantitative estimate of drug-likeness (QED) is 0.853. The molecule has 0 amide bonds. The number of halogens is 1. The number of aliphatic hydroxyl groups is 1. The number of hydrogen-bond acceptors (Lipinski definition) is 4. The zero-order valence-electron chi connectivity index (χ0n) is 10.6. The van der Waals surface area contributed by atoms with E-state index < -0.39 is 6.10 Å². The van der Waals surface area contributed by atoms with Crippen LogP contribution in [0.15, 0.2) is 41.1 Å². The van der Waals surface area contributed by atoms with Gasteiger partial charge in [0, 0.05) is 24.3 Å². The first-order chi connectivity index (χ1) is 9.13. The normalized spacial score (nSPS) is 12.2. The smallest absolute Gasteiger partial charge is 0.120 e. The molecular formula is C13H16BrN3O2. The first kappa shape index (κ1) is 13.9. The van der Waals surface area contributed by atoms with Crippen molar-refractivity contribution in [3.63, 3.8) is 0 Å². The van der Waals surface area contributed by atoms with E-state index in [0.717, 1.165) is 15.9 Å². The number of benzene rings is 1. The highest BCUT2D eigenvalue weighted by Gasteiger charge is 2.06. The van der Waals surface area contributed by atoms with Gasteiger partial charge in [0.2, 0.25) is 0 Å². The van der Waals surface area contributed by atoms with Gasteiger partial charge in [0.15, 0.2) is 0 Å². The summed E-state index contributed by atoms with van der Waals surface area (Å²) >= 11 is 3.37. The summed E-state index contributed by atoms with van der Waals surface area (Å²) in [5, 5.41) is 16.9. The molecule has 0 fully saturated rings. The fourth-order valence-electron chi connectivity index (χ4n) is 1.56. The number of ether oxygens (including phenoxy) is 1. The van der Waals surface area contributed by atoms with E-state index in [0.29, 0.717) is 6.54 Å². The van der Waals surface area contributed by atoms with Crippen LogP contribution in [0.2, 0.25) is 0 Å². The second-order valence-electron chi connectivity index (χ2n) is 4.21. The number of nitrogens with zero attached hydrogens (tertiary/aromatic N) is 2. The summed E-state index contributed by atoms with van der Waals surface area (Å²) in [6.45, 7) is 0.656. The minimum atomic E-state index is -0.584. The summed E-state index contributed by atoms with van der Waals surface area (Å²) in [4.78, 5) is 0. The molecule has 1 unspecified atom stereocenters. The van der Waals surface area contributed by atoms with Crippen LogP contribution in [0.3, 0.4) is 0 Å². The number of aromatic nitrogens is 2. The van der Waals surface area contributed by atoms with Crippen molar-refractivity contribution < 1.29 is 9.84 Å². The second-order valence-corrected chi connectivity index (χ2v) is 5.12. The molecule has 0 radical (unpaired) electrons. The number of anilines is 1. The van der Waals surface area contributed by atoms with E-state index in [1.807, 2.05) is 37.5 Å². The van der Waals surface area contributed by atoms with E-state index in [-0.39, 0.29) is 6.61 Å². The molecule has 2 aromatic rings. The fraction of sp³-hybridized carbons (Fsp3) is 0.308. The van der Waals surface area contributed by atoms with Crippen LogP contribution in [0.25, 0.3) is 0 Å². The number of aliphatic hydroxyl groups excluding tert-OH is 1. The topological polar surface area (TPSA) is 59.3 Å². The van der Waals surface area contributed by atoms with Gasteiger partial charge in [-0.3, -0.25) is 4.68 Å². The van der Waals surface area contributed by atoms with Crippen LogP contribution in [-0.2, 0) is 7.05 Å². The highest BCUT2D eigenvalue weighted by molar-refractivity contribution is 9.10. The molecule has 0 spiro atoms. The van der Waals surface area contributed by atoms with Crippen LogP contribution >= 0.6 is 15.9 Å². The highest BCUT2D eigenvalue weighted by atomic mass is 79.9. The SMILES string of the molecule is Cn1cc(NCC(O)COc2cccc(Br)c2)cn1. The lowest BCUT2D eigenvalue weighted by molar-refractivity contribution is 0.117. The van der Waals surface area contributed by atoms with Crippen LogP contribution < -0.4 is 10.1 Å². The number of nitrogens with one attached hydrogen (secondary N) is 1. The molecule has 5 nitrogen and oxygen atoms in total. The Morgan fingerprint density at radius 2 is 2.37 bits per heavy atom. The average molecular weight is 326 g/mol. The summed E-state index contributed by atoms with van der Waals surface area (Å²) < 4.78 is 8.15. The average Bonchev–Trinajstić information content (AvgIpc) is 2.80. The Kier molecular flexibility index (Phi) is 4.81. The maximum absolute atomic E-state index is 9.82. The first-order valence-corrected chi connectivity index (χ1v) is 6.72. The zero-order valence-corrected chi connectivity index (χ0v) is 12.2. The van der Waals surface area contributed by atoms with Crippen molar-refractivity contribution in [2.45, 2.75) is 6.10 Å². The summed E-state index contributed by atoms with van der Waals surface area (Å²) in [7, 11) is 1.85. The molecule has 1 atom stereocenters. The molecule has 6 heteroatoms. The van der Waals surface area contributed by atoms with Gasteiger partial charge in [0.25, 0.3) is 0 Å². The largest absolute Gasteiger partial charge is 0.491 e. The van der Waals surface area contributed by atoms with Gasteiger partial charge in [-0.25, -0.2) is 0 Å². The molecule has 1 heterocycles. The predicted octanol–water partition coefficient (Wildman–Crippen LogP) is 2.03. The molecular weight excluding hydrogens is 310 g/mol. The van der Waals surface area contributed by atoms with Crippen molar-refractivity contribution in [1.29, 1.82) is 0 Å². The molecule has 0 saturated carbocycles. The number of rotatable bonds is 6. The van der Waals surface area contributed by atoms with Crippen LogP contribution in [-0.4, -0.2) is 34.1 Å². The van der Waals surface area contributed by atoms with Crippen molar-refractivity contribution in [2.24, 2.45) is 7.05 Å². The Bertz CT molecular complexity index is 530. The third kappa shape index (κ3) is 4.57. The minimum Gasteiger partial charge on any atom is -0.491 e. The van der Waals surface area contributed by atoms with Gasteiger partial charge in [-0.05, 0) is 18.2 Å². The Hall–Kier alpha value is -1.53. The summed E-state index contributed by atoms with van der Waals surface area (Å²) in [6, 6.07) is 7.53. The van der Waals surface area contributed by atoms with E-state index in [2.05, 4.69) is 26.3 Å². The standard InChI is InChI=1S/C13H16BrN3O2/c1-17-8-11(6-16-17)15-7-12(18)9-19-13-4-2-3-10(14)5-13/h2-6,8,12,15,18H,7,9H2,1H3. The third-order valence-corrected chi connectivity index (χ3v) is 2.98. The van der Waals surface area contributed by atoms with Crippen molar-refractivity contribution in [2.75, 3.05) is 18.5 Å². The van der Waals surface area contributed by atoms with Crippen molar-refractivity contribution in [3.05, 3.63) is 41.1 Å². The molecule has 2 N–H and O–H groups in total. The van der Waals surface area contributed by atoms with E-state index in [1.54, 1.807) is 10.9 Å². The summed E-state index contributed by atoms with van der Waals surface area (Å²) in [5.74, 6) is 0.731. The molecule has 19 heavy (non-hydrogen) atoms. The fourth-order valence-corrected chi connectivity index (χ4v) is 1.93. The summed E-state index contributed by atoms with van der Waals surface area (Å²) in [5.41, 5.74) is 0.879. The van der Waals surface area contributed by atoms with E-state index in [9.17, 15) is 5.11 Å². The van der Waals surface area contributed by atoms with Gasteiger partial charge in [0.1, 0.15) is 18.5 Å². The lowest BCUT2D eigenvalue weighted by atomic mass is 10.3. The minimum absolute atomic E-state index is 0.240. The van der Waals surface area contributed by atoms with Crippen LogP contribution in [0.1, 0.15) is 0 Å². The second kappa shape index (κ2) is 6.58. The molecule has 0 bridgehead atoms. The van der Waals surface area contributed by atoms with Gasteiger partial charge >= 0.3 is 0 Å². The third-order valence-electron chi connectivity index (χ3n) is 2.49. The van der Waals surface area contributed by atoms with Crippen molar-refractivity contribution >= 4 is 21.6 Å². The number of hydrogen-bond donors (Lipinski definition) is 2. The molecule has 0 aliphatic heterocycles.